The van der Waals surface area contributed by atoms with Gasteiger partial charge in [0.15, 0.2) is 0 Å². The van der Waals surface area contributed by atoms with Crippen LogP contribution in [0, 0.1) is 6.92 Å². The van der Waals surface area contributed by atoms with Crippen LogP contribution in [0.25, 0.3) is 0 Å². The summed E-state index contributed by atoms with van der Waals surface area (Å²) in [5, 5.41) is 4.59. The van der Waals surface area contributed by atoms with Crippen molar-refractivity contribution in [2.45, 2.75) is 19.8 Å². The summed E-state index contributed by atoms with van der Waals surface area (Å²) in [5.41, 5.74) is 1.33. The zero-order valence-corrected chi connectivity index (χ0v) is 9.95. The van der Waals surface area contributed by atoms with Gasteiger partial charge in [0.25, 0.3) is 0 Å². The fraction of sp³-hybridized carbons (Fsp3) is 0.625. The van der Waals surface area contributed by atoms with E-state index in [-0.39, 0.29) is 24.8 Å². The lowest BCUT2D eigenvalue weighted by molar-refractivity contribution is 0.708. The Morgan fingerprint density at radius 2 is 1.92 bits per heavy atom. The predicted octanol–water partition coefficient (Wildman–Crippen LogP) is 1.98. The van der Waals surface area contributed by atoms with Gasteiger partial charge in [-0.05, 0) is 13.3 Å². The summed E-state index contributed by atoms with van der Waals surface area (Å²) >= 11 is 1.85. The van der Waals surface area contributed by atoms with Crippen molar-refractivity contribution >= 4 is 36.2 Å². The maximum atomic E-state index is 4.49. The van der Waals surface area contributed by atoms with Gasteiger partial charge in [0.2, 0.25) is 0 Å². The molecule has 2 heterocycles. The first kappa shape index (κ1) is 13.2. The molecular formula is C8H14Cl2N2S. The molecule has 0 atom stereocenters. The number of nitrogens with zero attached hydrogens (tertiary/aromatic N) is 1. The van der Waals surface area contributed by atoms with E-state index in [1.807, 2.05) is 11.3 Å². The molecule has 0 saturated carbocycles. The number of nitrogens with one attached hydrogen (secondary N) is 1. The van der Waals surface area contributed by atoms with Gasteiger partial charge in [-0.15, -0.1) is 36.2 Å². The average Bonchev–Trinajstić information content (AvgIpc) is 2.17. The molecule has 1 N–H and O–H groups in total. The molecular weight excluding hydrogens is 227 g/mol. The Hall–Kier alpha value is 0.170. The molecule has 13 heavy (non-hydrogen) atoms. The number of aryl methyl sites for hydroxylation is 1. The van der Waals surface area contributed by atoms with Crippen molar-refractivity contribution in [3.8, 4) is 0 Å². The molecule has 2 nitrogen and oxygen atoms in total. The lowest BCUT2D eigenvalue weighted by Gasteiger charge is -1.93. The highest BCUT2D eigenvalue weighted by Gasteiger charge is 2.10. The second-order valence-corrected chi connectivity index (χ2v) is 4.14. The normalized spacial score (nSPS) is 14.8. The zero-order valence-electron chi connectivity index (χ0n) is 7.50. The summed E-state index contributed by atoms with van der Waals surface area (Å²) in [6.07, 6.45) is 2.28. The summed E-state index contributed by atoms with van der Waals surface area (Å²) in [6.45, 7) is 4.30. The molecule has 0 spiro atoms. The molecule has 0 aromatic carbocycles. The molecule has 1 aromatic rings. The first-order valence-corrected chi connectivity index (χ1v) is 4.84. The molecule has 1 aromatic heterocycles. The summed E-state index contributed by atoms with van der Waals surface area (Å²) in [7, 11) is 0. The maximum absolute atomic E-state index is 4.49. The van der Waals surface area contributed by atoms with Crippen LogP contribution in [-0.2, 0) is 12.8 Å². The summed E-state index contributed by atoms with van der Waals surface area (Å²) < 4.78 is 0. The van der Waals surface area contributed by atoms with Crippen LogP contribution in [0.3, 0.4) is 0 Å². The van der Waals surface area contributed by atoms with E-state index in [0.717, 1.165) is 19.5 Å². The van der Waals surface area contributed by atoms with E-state index in [0.29, 0.717) is 0 Å². The number of hydrogen-bond donors (Lipinski definition) is 1. The third-order valence-corrected chi connectivity index (χ3v) is 3.03. The molecule has 1 aliphatic rings. The largest absolute Gasteiger partial charge is 0.316 e. The summed E-state index contributed by atoms with van der Waals surface area (Å²) in [6, 6.07) is 0. The number of thiazole rings is 1. The van der Waals surface area contributed by atoms with Crippen LogP contribution in [0.2, 0.25) is 0 Å². The van der Waals surface area contributed by atoms with Gasteiger partial charge in [-0.1, -0.05) is 0 Å². The van der Waals surface area contributed by atoms with Crippen molar-refractivity contribution < 1.29 is 0 Å². The second-order valence-electron chi connectivity index (χ2n) is 2.85. The van der Waals surface area contributed by atoms with E-state index in [9.17, 15) is 0 Å². The lowest BCUT2D eigenvalue weighted by Crippen LogP contribution is -2.16. The van der Waals surface area contributed by atoms with Crippen molar-refractivity contribution in [2.75, 3.05) is 13.1 Å². The molecule has 0 amide bonds. The number of halogens is 2. The van der Waals surface area contributed by atoms with Crippen LogP contribution in [0.1, 0.15) is 15.6 Å². The Kier molecular flexibility index (Phi) is 5.88. The SMILES string of the molecule is Cc1nc2c(s1)CCNCC2.Cl.Cl. The predicted molar refractivity (Wildman–Crippen MR) is 61.6 cm³/mol. The molecule has 0 unspecified atom stereocenters. The van der Waals surface area contributed by atoms with Gasteiger partial charge in [-0.2, -0.15) is 0 Å². The maximum Gasteiger partial charge on any atom is 0.0900 e. The van der Waals surface area contributed by atoms with Crippen molar-refractivity contribution in [1.82, 2.24) is 10.3 Å². The van der Waals surface area contributed by atoms with E-state index in [4.69, 9.17) is 0 Å². The van der Waals surface area contributed by atoms with Crippen molar-refractivity contribution in [1.29, 1.82) is 0 Å². The molecule has 5 heteroatoms. The van der Waals surface area contributed by atoms with Crippen LogP contribution in [0.5, 0.6) is 0 Å². The monoisotopic (exact) mass is 240 g/mol. The number of fused-ring (bicyclic) bond motifs is 1. The summed E-state index contributed by atoms with van der Waals surface area (Å²) in [5.74, 6) is 0. The Labute approximate surface area is 95.0 Å². The smallest absolute Gasteiger partial charge is 0.0900 e. The van der Waals surface area contributed by atoms with E-state index < -0.39 is 0 Å². The molecule has 76 valence electrons. The third-order valence-electron chi connectivity index (χ3n) is 1.95. The minimum Gasteiger partial charge on any atom is -0.316 e. The second kappa shape index (κ2) is 5.81. The Morgan fingerprint density at radius 3 is 2.69 bits per heavy atom. The molecule has 0 aliphatic carbocycles. The fourth-order valence-corrected chi connectivity index (χ4v) is 2.42. The highest BCUT2D eigenvalue weighted by atomic mass is 35.5. The Bertz CT molecular complexity index is 239. The van der Waals surface area contributed by atoms with Crippen molar-refractivity contribution in [2.24, 2.45) is 0 Å². The minimum atomic E-state index is 0. The van der Waals surface area contributed by atoms with Crippen LogP contribution in [0.15, 0.2) is 0 Å². The van der Waals surface area contributed by atoms with Crippen molar-refractivity contribution in [3.05, 3.63) is 15.6 Å². The molecule has 0 bridgehead atoms. The first-order valence-electron chi connectivity index (χ1n) is 4.02. The van der Waals surface area contributed by atoms with Crippen LogP contribution in [0.4, 0.5) is 0 Å². The standard InChI is InChI=1S/C8H12N2S.2ClH/c1-6-10-7-2-4-9-5-3-8(7)11-6;;/h9H,2-5H2,1H3;2*1H. The van der Waals surface area contributed by atoms with E-state index >= 15 is 0 Å². The fourth-order valence-electron chi connectivity index (χ4n) is 1.44. The van der Waals surface area contributed by atoms with Crippen molar-refractivity contribution in [3.63, 3.8) is 0 Å². The van der Waals surface area contributed by atoms with Crippen LogP contribution in [-0.4, -0.2) is 18.1 Å². The third kappa shape index (κ3) is 3.09. The number of aromatic nitrogens is 1. The highest BCUT2D eigenvalue weighted by Crippen LogP contribution is 2.19. The topological polar surface area (TPSA) is 24.9 Å². The van der Waals surface area contributed by atoms with Gasteiger partial charge in [0, 0.05) is 24.4 Å². The van der Waals surface area contributed by atoms with E-state index in [1.54, 1.807) is 0 Å². The van der Waals surface area contributed by atoms with Gasteiger partial charge < -0.3 is 5.32 Å². The van der Waals surface area contributed by atoms with Gasteiger partial charge >= 0.3 is 0 Å². The minimum absolute atomic E-state index is 0. The van der Waals surface area contributed by atoms with Gasteiger partial charge in [0.1, 0.15) is 0 Å². The average molecular weight is 241 g/mol. The number of rotatable bonds is 0. The molecule has 1 aliphatic heterocycles. The number of hydrogen-bond acceptors (Lipinski definition) is 3. The van der Waals surface area contributed by atoms with Gasteiger partial charge in [-0.3, -0.25) is 0 Å². The molecule has 0 radical (unpaired) electrons. The Morgan fingerprint density at radius 1 is 1.23 bits per heavy atom. The molecule has 0 saturated heterocycles. The summed E-state index contributed by atoms with van der Waals surface area (Å²) in [4.78, 5) is 5.98. The Balaban J connectivity index is 0.000000720. The lowest BCUT2D eigenvalue weighted by atomic mass is 10.2. The quantitative estimate of drug-likeness (QED) is 0.751. The highest BCUT2D eigenvalue weighted by molar-refractivity contribution is 7.11. The van der Waals surface area contributed by atoms with E-state index in [2.05, 4.69) is 17.2 Å². The van der Waals surface area contributed by atoms with Gasteiger partial charge in [-0.25, -0.2) is 4.98 Å². The zero-order chi connectivity index (χ0) is 7.68. The molecule has 2 rings (SSSR count). The molecule has 0 fully saturated rings. The van der Waals surface area contributed by atoms with Crippen LogP contribution < -0.4 is 5.32 Å². The van der Waals surface area contributed by atoms with Crippen LogP contribution >= 0.6 is 36.2 Å². The first-order chi connectivity index (χ1) is 5.36. The van der Waals surface area contributed by atoms with Gasteiger partial charge in [0.05, 0.1) is 10.7 Å². The van der Waals surface area contributed by atoms with E-state index in [1.165, 1.54) is 22.0 Å².